The Morgan fingerprint density at radius 2 is 1.52 bits per heavy atom. The molecule has 0 heterocycles. The Hall–Kier alpha value is -3.79. The molecule has 0 aliphatic carbocycles. The molecule has 0 saturated carbocycles. The summed E-state index contributed by atoms with van der Waals surface area (Å²) in [5, 5.41) is 18.5. The summed E-state index contributed by atoms with van der Waals surface area (Å²) >= 11 is 0. The van der Waals surface area contributed by atoms with Crippen LogP contribution in [0.5, 0.6) is 5.75 Å². The lowest BCUT2D eigenvalue weighted by Gasteiger charge is -2.23. The zero-order valence-corrected chi connectivity index (χ0v) is 16.1. The van der Waals surface area contributed by atoms with E-state index in [1.165, 1.54) is 0 Å². The fourth-order valence-electron chi connectivity index (χ4n) is 3.49. The van der Waals surface area contributed by atoms with E-state index >= 15 is 0 Å². The standard InChI is InChI=1S/C25H22N2O2/c1-17-11-14-20(15-12-17)26-25(29)27-24(19-8-3-2-4-9-19)23-21-10-6-5-7-18(21)13-16-22(23)28/h2-16,24,28H,1H3,(H2,26,27,29)/t24-/m1/s1. The lowest BCUT2D eigenvalue weighted by molar-refractivity contribution is 0.250. The minimum Gasteiger partial charge on any atom is -0.508 e. The molecule has 4 heteroatoms. The van der Waals surface area contributed by atoms with Crippen LogP contribution < -0.4 is 10.6 Å². The van der Waals surface area contributed by atoms with E-state index < -0.39 is 6.04 Å². The molecule has 0 unspecified atom stereocenters. The van der Waals surface area contributed by atoms with Crippen molar-refractivity contribution in [2.75, 3.05) is 5.32 Å². The van der Waals surface area contributed by atoms with Crippen molar-refractivity contribution in [2.45, 2.75) is 13.0 Å². The van der Waals surface area contributed by atoms with Crippen LogP contribution in [0.15, 0.2) is 91.0 Å². The highest BCUT2D eigenvalue weighted by molar-refractivity contribution is 5.92. The lowest BCUT2D eigenvalue weighted by Crippen LogP contribution is -2.33. The molecule has 0 aliphatic heterocycles. The lowest BCUT2D eigenvalue weighted by atomic mass is 9.93. The number of carbonyl (C=O) groups excluding carboxylic acids is 1. The van der Waals surface area contributed by atoms with Crippen LogP contribution in [0.3, 0.4) is 0 Å². The van der Waals surface area contributed by atoms with E-state index in [4.69, 9.17) is 0 Å². The maximum atomic E-state index is 12.8. The van der Waals surface area contributed by atoms with Crippen LogP contribution in [0, 0.1) is 6.92 Å². The van der Waals surface area contributed by atoms with Gasteiger partial charge in [0.15, 0.2) is 0 Å². The molecular weight excluding hydrogens is 360 g/mol. The molecule has 4 aromatic rings. The number of amides is 2. The molecule has 0 saturated heterocycles. The number of anilines is 1. The normalized spacial score (nSPS) is 11.8. The number of aromatic hydroxyl groups is 1. The SMILES string of the molecule is Cc1ccc(NC(=O)N[C@H](c2ccccc2)c2c(O)ccc3ccccc23)cc1. The molecule has 0 spiro atoms. The Labute approximate surface area is 169 Å². The third-order valence-corrected chi connectivity index (χ3v) is 4.95. The van der Waals surface area contributed by atoms with E-state index in [1.54, 1.807) is 6.07 Å². The summed E-state index contributed by atoms with van der Waals surface area (Å²) in [5.74, 6) is 0.146. The minimum absolute atomic E-state index is 0.146. The average molecular weight is 382 g/mol. The number of rotatable bonds is 4. The summed E-state index contributed by atoms with van der Waals surface area (Å²) in [4.78, 5) is 12.8. The summed E-state index contributed by atoms with van der Waals surface area (Å²) in [6.45, 7) is 2.00. The van der Waals surface area contributed by atoms with E-state index in [-0.39, 0.29) is 11.8 Å². The number of phenolic OH excluding ortho intramolecular Hbond substituents is 1. The van der Waals surface area contributed by atoms with Gasteiger partial charge < -0.3 is 15.7 Å². The van der Waals surface area contributed by atoms with E-state index in [2.05, 4.69) is 10.6 Å². The number of hydrogen-bond donors (Lipinski definition) is 3. The van der Waals surface area contributed by atoms with Crippen molar-refractivity contribution in [2.24, 2.45) is 0 Å². The van der Waals surface area contributed by atoms with Crippen molar-refractivity contribution in [3.63, 3.8) is 0 Å². The van der Waals surface area contributed by atoms with E-state index in [1.807, 2.05) is 91.9 Å². The fourth-order valence-corrected chi connectivity index (χ4v) is 3.49. The molecule has 0 fully saturated rings. The van der Waals surface area contributed by atoms with Crippen molar-refractivity contribution in [3.05, 3.63) is 108 Å². The molecule has 3 N–H and O–H groups in total. The number of aryl methyl sites for hydroxylation is 1. The predicted molar refractivity (Wildman–Crippen MR) is 117 cm³/mol. The molecule has 2 amide bonds. The number of fused-ring (bicyclic) bond motifs is 1. The Morgan fingerprint density at radius 3 is 2.28 bits per heavy atom. The van der Waals surface area contributed by atoms with E-state index in [0.29, 0.717) is 11.3 Å². The summed E-state index contributed by atoms with van der Waals surface area (Å²) in [7, 11) is 0. The number of nitrogens with one attached hydrogen (secondary N) is 2. The van der Waals surface area contributed by atoms with E-state index in [9.17, 15) is 9.90 Å². The van der Waals surface area contributed by atoms with Crippen LogP contribution in [-0.4, -0.2) is 11.1 Å². The Balaban J connectivity index is 1.73. The van der Waals surface area contributed by atoms with Gasteiger partial charge in [-0.15, -0.1) is 0 Å². The maximum absolute atomic E-state index is 12.8. The molecule has 0 bridgehead atoms. The molecule has 1 atom stereocenters. The van der Waals surface area contributed by atoms with Gasteiger partial charge in [-0.3, -0.25) is 0 Å². The van der Waals surface area contributed by atoms with Crippen LogP contribution in [0.4, 0.5) is 10.5 Å². The first-order valence-electron chi connectivity index (χ1n) is 9.51. The zero-order chi connectivity index (χ0) is 20.2. The number of hydrogen-bond acceptors (Lipinski definition) is 2. The molecule has 0 radical (unpaired) electrons. The highest BCUT2D eigenvalue weighted by Gasteiger charge is 2.22. The van der Waals surface area contributed by atoms with Gasteiger partial charge in [-0.25, -0.2) is 4.79 Å². The quantitative estimate of drug-likeness (QED) is 0.420. The summed E-state index contributed by atoms with van der Waals surface area (Å²) in [6.07, 6.45) is 0. The van der Waals surface area contributed by atoms with Gasteiger partial charge in [-0.05, 0) is 41.5 Å². The van der Waals surface area contributed by atoms with Gasteiger partial charge >= 0.3 is 6.03 Å². The number of urea groups is 1. The van der Waals surface area contributed by atoms with Crippen molar-refractivity contribution in [3.8, 4) is 5.75 Å². The molecule has 0 aliphatic rings. The highest BCUT2D eigenvalue weighted by atomic mass is 16.3. The Kier molecular flexibility index (Phi) is 5.16. The van der Waals surface area contributed by atoms with Crippen LogP contribution in [0.25, 0.3) is 10.8 Å². The molecule has 4 aromatic carbocycles. The predicted octanol–water partition coefficient (Wildman–Crippen LogP) is 5.76. The number of phenols is 1. The average Bonchev–Trinajstić information content (AvgIpc) is 2.75. The van der Waals surface area contributed by atoms with Crippen molar-refractivity contribution in [1.29, 1.82) is 0 Å². The summed E-state index contributed by atoms with van der Waals surface area (Å²) in [5.41, 5.74) is 3.40. The number of benzene rings is 4. The first-order valence-corrected chi connectivity index (χ1v) is 9.51. The summed E-state index contributed by atoms with van der Waals surface area (Å²) in [6, 6.07) is 27.8. The molecule has 0 aromatic heterocycles. The first-order chi connectivity index (χ1) is 14.1. The third kappa shape index (κ3) is 4.06. The highest BCUT2D eigenvalue weighted by Crippen LogP contribution is 2.35. The maximum Gasteiger partial charge on any atom is 0.319 e. The van der Waals surface area contributed by atoms with Gasteiger partial charge in [0, 0.05) is 11.3 Å². The molecule has 4 nitrogen and oxygen atoms in total. The van der Waals surface area contributed by atoms with Crippen molar-refractivity contribution < 1.29 is 9.90 Å². The second-order valence-electron chi connectivity index (χ2n) is 7.03. The Morgan fingerprint density at radius 1 is 0.828 bits per heavy atom. The molecular formula is C25H22N2O2. The van der Waals surface area contributed by atoms with Gasteiger partial charge in [0.2, 0.25) is 0 Å². The van der Waals surface area contributed by atoms with E-state index in [0.717, 1.165) is 21.9 Å². The van der Waals surface area contributed by atoms with Crippen LogP contribution in [-0.2, 0) is 0 Å². The van der Waals surface area contributed by atoms with Crippen molar-refractivity contribution >= 4 is 22.5 Å². The topological polar surface area (TPSA) is 61.4 Å². The summed E-state index contributed by atoms with van der Waals surface area (Å²) < 4.78 is 0. The van der Waals surface area contributed by atoms with Gasteiger partial charge in [0.05, 0.1) is 6.04 Å². The zero-order valence-electron chi connectivity index (χ0n) is 16.1. The van der Waals surface area contributed by atoms with Crippen molar-refractivity contribution in [1.82, 2.24) is 5.32 Å². The van der Waals surface area contributed by atoms with Gasteiger partial charge in [0.1, 0.15) is 5.75 Å². The minimum atomic E-state index is -0.507. The molecule has 144 valence electrons. The monoisotopic (exact) mass is 382 g/mol. The van der Waals surface area contributed by atoms with Gasteiger partial charge in [-0.2, -0.15) is 0 Å². The first kappa shape index (κ1) is 18.6. The molecule has 4 rings (SSSR count). The fraction of sp³-hybridized carbons (Fsp3) is 0.0800. The molecule has 29 heavy (non-hydrogen) atoms. The van der Waals surface area contributed by atoms with Crippen LogP contribution in [0.2, 0.25) is 0 Å². The Bertz CT molecular complexity index is 1140. The second kappa shape index (κ2) is 8.07. The van der Waals surface area contributed by atoms with Gasteiger partial charge in [-0.1, -0.05) is 78.4 Å². The largest absolute Gasteiger partial charge is 0.508 e. The second-order valence-corrected chi connectivity index (χ2v) is 7.03. The van der Waals surface area contributed by atoms with Gasteiger partial charge in [0.25, 0.3) is 0 Å². The number of carbonyl (C=O) groups is 1. The smallest absolute Gasteiger partial charge is 0.319 e. The third-order valence-electron chi connectivity index (χ3n) is 4.95. The van der Waals surface area contributed by atoms with Crippen LogP contribution in [0.1, 0.15) is 22.7 Å². The van der Waals surface area contributed by atoms with Crippen LogP contribution >= 0.6 is 0 Å².